The van der Waals surface area contributed by atoms with E-state index in [1.54, 1.807) is 54.7 Å². The number of hydrogen-bond acceptors (Lipinski definition) is 5. The fraction of sp³-hybridized carbons (Fsp3) is 0.208. The molecule has 0 saturated heterocycles. The molecule has 166 valence electrons. The second-order valence-corrected chi connectivity index (χ2v) is 8.65. The Labute approximate surface area is 189 Å². The lowest BCUT2D eigenvalue weighted by Crippen LogP contribution is -2.77. The molecule has 0 spiro atoms. The largest absolute Gasteiger partial charge is 0.347 e. The van der Waals surface area contributed by atoms with Gasteiger partial charge in [0.2, 0.25) is 11.8 Å². The number of H-pyrrole nitrogens is 1. The van der Waals surface area contributed by atoms with Crippen LogP contribution in [0.5, 0.6) is 0 Å². The van der Waals surface area contributed by atoms with Crippen molar-refractivity contribution in [3.05, 3.63) is 73.1 Å². The third-order valence-electron chi connectivity index (χ3n) is 6.24. The number of nitrogens with zero attached hydrogens (tertiary/aromatic N) is 2. The molecule has 0 radical (unpaired) electrons. The Hall–Kier alpha value is -4.27. The van der Waals surface area contributed by atoms with Crippen LogP contribution < -0.4 is 16.0 Å². The molecule has 3 aliphatic rings. The smallest absolute Gasteiger partial charge is 0.274 e. The molecule has 6 rings (SSSR count). The Kier molecular flexibility index (Phi) is 4.81. The van der Waals surface area contributed by atoms with E-state index in [2.05, 4.69) is 37.7 Å². The highest BCUT2D eigenvalue weighted by Gasteiger charge is 2.72. The van der Waals surface area contributed by atoms with Gasteiger partial charge < -0.3 is 16.0 Å². The second kappa shape index (κ2) is 7.70. The number of hydrogen-bond donors (Lipinski definition) is 4. The minimum atomic E-state index is -0.410. The molecule has 1 aromatic carbocycles. The maximum Gasteiger partial charge on any atom is 0.274 e. The van der Waals surface area contributed by atoms with Crippen molar-refractivity contribution in [3.63, 3.8) is 0 Å². The predicted octanol–water partition coefficient (Wildman–Crippen LogP) is 2.89. The summed E-state index contributed by atoms with van der Waals surface area (Å²) in [4.78, 5) is 41.2. The van der Waals surface area contributed by atoms with Crippen LogP contribution in [0.2, 0.25) is 0 Å². The van der Waals surface area contributed by atoms with Gasteiger partial charge in [-0.3, -0.25) is 19.5 Å². The van der Waals surface area contributed by atoms with Crippen LogP contribution in [0, 0.1) is 5.41 Å². The SMILES string of the molecule is C=CC(=O)NC12CC(C(=O)Nc3ccc(NC(=O)c4cccc(-c5ccn[nH]5)n4)cc3)(C1)C2. The van der Waals surface area contributed by atoms with Crippen LogP contribution in [0.25, 0.3) is 11.4 Å². The van der Waals surface area contributed by atoms with Crippen LogP contribution in [0.15, 0.2) is 67.4 Å². The van der Waals surface area contributed by atoms with Crippen LogP contribution >= 0.6 is 0 Å². The fourth-order valence-corrected chi connectivity index (χ4v) is 4.68. The number of aromatic amines is 1. The van der Waals surface area contributed by atoms with E-state index in [4.69, 9.17) is 0 Å². The van der Waals surface area contributed by atoms with Gasteiger partial charge in [-0.15, -0.1) is 0 Å². The van der Waals surface area contributed by atoms with Crippen LogP contribution in [-0.4, -0.2) is 38.4 Å². The van der Waals surface area contributed by atoms with Gasteiger partial charge in [-0.2, -0.15) is 5.10 Å². The van der Waals surface area contributed by atoms with E-state index in [-0.39, 0.29) is 29.0 Å². The van der Waals surface area contributed by atoms with Gasteiger partial charge in [-0.1, -0.05) is 12.6 Å². The molecule has 0 unspecified atom stereocenters. The summed E-state index contributed by atoms with van der Waals surface area (Å²) in [7, 11) is 0. The van der Waals surface area contributed by atoms with Crippen LogP contribution in [0.1, 0.15) is 29.8 Å². The maximum atomic E-state index is 12.7. The lowest BCUT2D eigenvalue weighted by Gasteiger charge is -2.69. The lowest BCUT2D eigenvalue weighted by atomic mass is 9.39. The van der Waals surface area contributed by atoms with Crippen LogP contribution in [-0.2, 0) is 9.59 Å². The molecule has 0 atom stereocenters. The fourth-order valence-electron chi connectivity index (χ4n) is 4.68. The lowest BCUT2D eigenvalue weighted by molar-refractivity contribution is -0.177. The summed E-state index contributed by atoms with van der Waals surface area (Å²) in [5.41, 5.74) is 2.20. The zero-order chi connectivity index (χ0) is 23.1. The van der Waals surface area contributed by atoms with Crippen molar-refractivity contribution in [2.75, 3.05) is 10.6 Å². The van der Waals surface area contributed by atoms with Crippen molar-refractivity contribution in [2.24, 2.45) is 5.41 Å². The first-order valence-electron chi connectivity index (χ1n) is 10.5. The standard InChI is InChI=1S/C24H22N6O3/c1-2-20(31)29-24-12-23(13-24,14-24)22(33)27-16-8-6-15(7-9-16)26-21(32)19-5-3-4-17(28-19)18-10-11-25-30-18/h2-11H,1,12-14H2,(H,25,30)(H,26,32)(H,27,33)(H,29,31). The summed E-state index contributed by atoms with van der Waals surface area (Å²) < 4.78 is 0. The Morgan fingerprint density at radius 2 is 1.67 bits per heavy atom. The molecule has 9 nitrogen and oxygen atoms in total. The normalized spacial score (nSPS) is 22.3. The highest BCUT2D eigenvalue weighted by atomic mass is 16.2. The van der Waals surface area contributed by atoms with Gasteiger partial charge in [0, 0.05) is 23.1 Å². The molecule has 4 N–H and O–H groups in total. The topological polar surface area (TPSA) is 129 Å². The minimum Gasteiger partial charge on any atom is -0.347 e. The Balaban J connectivity index is 1.17. The number of benzene rings is 1. The third kappa shape index (κ3) is 3.78. The van der Waals surface area contributed by atoms with E-state index in [1.807, 2.05) is 0 Å². The van der Waals surface area contributed by atoms with Gasteiger partial charge >= 0.3 is 0 Å². The van der Waals surface area contributed by atoms with Crippen molar-refractivity contribution in [1.29, 1.82) is 0 Å². The molecule has 3 amide bonds. The number of amides is 3. The quantitative estimate of drug-likeness (QED) is 0.418. The number of aromatic nitrogens is 3. The van der Waals surface area contributed by atoms with E-state index in [9.17, 15) is 14.4 Å². The zero-order valence-electron chi connectivity index (χ0n) is 17.7. The number of carbonyl (C=O) groups is 3. The summed E-state index contributed by atoms with van der Waals surface area (Å²) in [6.07, 6.45) is 4.80. The van der Waals surface area contributed by atoms with Gasteiger partial charge in [-0.25, -0.2) is 4.98 Å². The average molecular weight is 442 g/mol. The van der Waals surface area contributed by atoms with Crippen molar-refractivity contribution < 1.29 is 14.4 Å². The average Bonchev–Trinajstić information content (AvgIpc) is 3.31. The highest BCUT2D eigenvalue weighted by Crippen LogP contribution is 2.67. The van der Waals surface area contributed by atoms with Crippen LogP contribution in [0.3, 0.4) is 0 Å². The number of nitrogens with one attached hydrogen (secondary N) is 4. The molecular weight excluding hydrogens is 420 g/mol. The van der Waals surface area contributed by atoms with E-state index < -0.39 is 5.41 Å². The minimum absolute atomic E-state index is 0.0474. The van der Waals surface area contributed by atoms with Crippen LogP contribution in [0.4, 0.5) is 11.4 Å². The molecule has 3 saturated carbocycles. The Bertz CT molecular complexity index is 1230. The second-order valence-electron chi connectivity index (χ2n) is 8.65. The summed E-state index contributed by atoms with van der Waals surface area (Å²) in [6.45, 7) is 3.46. The molecule has 0 aliphatic heterocycles. The molecule has 3 fully saturated rings. The summed E-state index contributed by atoms with van der Waals surface area (Å²) in [6, 6.07) is 13.9. The number of pyridine rings is 1. The van der Waals surface area contributed by atoms with Gasteiger partial charge in [0.05, 0.1) is 16.8 Å². The molecule has 2 bridgehead atoms. The number of rotatable bonds is 7. The Morgan fingerprint density at radius 3 is 2.30 bits per heavy atom. The third-order valence-corrected chi connectivity index (χ3v) is 6.24. The summed E-state index contributed by atoms with van der Waals surface area (Å²) in [5, 5.41) is 15.4. The van der Waals surface area contributed by atoms with Gasteiger partial charge in [0.15, 0.2) is 0 Å². The zero-order valence-corrected chi connectivity index (χ0v) is 17.7. The van der Waals surface area contributed by atoms with Gasteiger partial charge in [-0.05, 0) is 67.8 Å². The Morgan fingerprint density at radius 1 is 0.970 bits per heavy atom. The first-order chi connectivity index (χ1) is 15.9. The number of carbonyl (C=O) groups excluding carboxylic acids is 3. The molecule has 3 aliphatic carbocycles. The van der Waals surface area contributed by atoms with Gasteiger partial charge in [0.25, 0.3) is 5.91 Å². The highest BCUT2D eigenvalue weighted by molar-refractivity contribution is 6.03. The first kappa shape index (κ1) is 20.6. The van der Waals surface area contributed by atoms with Crippen molar-refractivity contribution in [2.45, 2.75) is 24.8 Å². The maximum absolute atomic E-state index is 12.7. The van der Waals surface area contributed by atoms with E-state index >= 15 is 0 Å². The number of anilines is 2. The molecule has 2 heterocycles. The summed E-state index contributed by atoms with van der Waals surface area (Å²) >= 11 is 0. The van der Waals surface area contributed by atoms with E-state index in [0.29, 0.717) is 36.3 Å². The van der Waals surface area contributed by atoms with Crippen molar-refractivity contribution >= 4 is 29.1 Å². The molecular formula is C24H22N6O3. The molecule has 2 aromatic heterocycles. The predicted molar refractivity (Wildman–Crippen MR) is 122 cm³/mol. The van der Waals surface area contributed by atoms with Crippen molar-refractivity contribution in [3.8, 4) is 11.4 Å². The first-order valence-corrected chi connectivity index (χ1v) is 10.5. The monoisotopic (exact) mass is 442 g/mol. The van der Waals surface area contributed by atoms with E-state index in [1.165, 1.54) is 6.08 Å². The molecule has 33 heavy (non-hydrogen) atoms. The van der Waals surface area contributed by atoms with Gasteiger partial charge in [0.1, 0.15) is 5.69 Å². The van der Waals surface area contributed by atoms with E-state index in [0.717, 1.165) is 5.69 Å². The molecule has 9 heteroatoms. The summed E-state index contributed by atoms with van der Waals surface area (Å²) in [5.74, 6) is -0.590. The van der Waals surface area contributed by atoms with Crippen molar-refractivity contribution in [1.82, 2.24) is 20.5 Å². The molecule has 3 aromatic rings.